The summed E-state index contributed by atoms with van der Waals surface area (Å²) in [6.45, 7) is 4.81. The van der Waals surface area contributed by atoms with Crippen LogP contribution in [-0.4, -0.2) is 26.5 Å². The Hall–Kier alpha value is -0.690. The van der Waals surface area contributed by atoms with Crippen molar-refractivity contribution in [1.29, 1.82) is 0 Å². The molecule has 0 aliphatic heterocycles. The number of nitrogens with zero attached hydrogens (tertiary/aromatic N) is 1. The highest BCUT2D eigenvalue weighted by Gasteiger charge is 2.08. The van der Waals surface area contributed by atoms with Crippen molar-refractivity contribution in [3.63, 3.8) is 0 Å². The van der Waals surface area contributed by atoms with Gasteiger partial charge in [0.1, 0.15) is 6.61 Å². The molecule has 84 valence electrons. The second-order valence-corrected chi connectivity index (χ2v) is 2.94. The van der Waals surface area contributed by atoms with Gasteiger partial charge in [0.25, 0.3) is 0 Å². The van der Waals surface area contributed by atoms with E-state index in [1.165, 1.54) is 0 Å². The third kappa shape index (κ3) is 7.93. The first kappa shape index (κ1) is 13.3. The van der Waals surface area contributed by atoms with Gasteiger partial charge in [-0.05, 0) is 25.2 Å². The van der Waals surface area contributed by atoms with Crippen molar-refractivity contribution in [3.05, 3.63) is 0 Å². The first-order valence-electron chi connectivity index (χ1n) is 4.56. The van der Waals surface area contributed by atoms with Gasteiger partial charge >= 0.3 is 0 Å². The molecular weight excluding hydrogens is 186 g/mol. The zero-order valence-electron chi connectivity index (χ0n) is 8.35. The highest BCUT2D eigenvalue weighted by atomic mass is 16.6. The van der Waals surface area contributed by atoms with E-state index in [9.17, 15) is 0 Å². The van der Waals surface area contributed by atoms with E-state index in [2.05, 4.69) is 21.5 Å². The number of nitrogens with two attached hydrogens (primary N) is 2. The van der Waals surface area contributed by atoms with Crippen molar-refractivity contribution in [3.8, 4) is 0 Å². The summed E-state index contributed by atoms with van der Waals surface area (Å²) in [4.78, 5) is 13.8. The molecule has 0 unspecified atom stereocenters. The fourth-order valence-electron chi connectivity index (χ4n) is 1.19. The number of rotatable bonds is 10. The Bertz CT molecular complexity index is 127. The molecule has 0 bridgehead atoms. The molecule has 0 fully saturated rings. The predicted molar refractivity (Wildman–Crippen MR) is 53.1 cm³/mol. The van der Waals surface area contributed by atoms with E-state index in [4.69, 9.17) is 16.6 Å². The van der Waals surface area contributed by atoms with Gasteiger partial charge < -0.3 is 14.5 Å². The van der Waals surface area contributed by atoms with Crippen LogP contribution in [0.25, 0.3) is 0 Å². The summed E-state index contributed by atoms with van der Waals surface area (Å²) in [5, 5.41) is 3.31. The first-order valence-corrected chi connectivity index (χ1v) is 4.56. The van der Waals surface area contributed by atoms with Crippen LogP contribution in [0.1, 0.15) is 19.3 Å². The molecule has 0 aliphatic carbocycles. The molecule has 0 radical (unpaired) electrons. The Balaban J connectivity index is 3.54. The van der Waals surface area contributed by atoms with E-state index in [1.807, 2.05) is 0 Å². The molecule has 0 heterocycles. The minimum Gasteiger partial charge on any atom is -0.396 e. The van der Waals surface area contributed by atoms with Gasteiger partial charge in [-0.1, -0.05) is 0 Å². The molecule has 0 atom stereocenters. The minimum absolute atomic E-state index is 0.420. The van der Waals surface area contributed by atoms with Gasteiger partial charge in [-0.2, -0.15) is 0 Å². The molecule has 0 aromatic carbocycles. The summed E-state index contributed by atoms with van der Waals surface area (Å²) in [5.74, 6) is 10.3. The molecule has 0 aromatic heterocycles. The van der Waals surface area contributed by atoms with Crippen molar-refractivity contribution in [2.24, 2.45) is 22.9 Å². The van der Waals surface area contributed by atoms with Gasteiger partial charge in [0.15, 0.2) is 0 Å². The third-order valence-electron chi connectivity index (χ3n) is 2.00. The SMILES string of the molecule is C=NOCCC(CCON)CCON. The van der Waals surface area contributed by atoms with Crippen LogP contribution in [0.3, 0.4) is 0 Å². The minimum atomic E-state index is 0.420. The largest absolute Gasteiger partial charge is 0.396 e. The van der Waals surface area contributed by atoms with Crippen LogP contribution < -0.4 is 11.8 Å². The fourth-order valence-corrected chi connectivity index (χ4v) is 1.19. The zero-order valence-corrected chi connectivity index (χ0v) is 8.35. The molecule has 0 amide bonds. The lowest BCUT2D eigenvalue weighted by Crippen LogP contribution is -2.14. The Morgan fingerprint density at radius 1 is 1.00 bits per heavy atom. The molecule has 14 heavy (non-hydrogen) atoms. The maximum atomic E-state index is 4.94. The van der Waals surface area contributed by atoms with Crippen LogP contribution in [-0.2, 0) is 14.5 Å². The van der Waals surface area contributed by atoms with Crippen LogP contribution in [0.2, 0.25) is 0 Å². The smallest absolute Gasteiger partial charge is 0.117 e. The number of hydrogen-bond donors (Lipinski definition) is 2. The highest BCUT2D eigenvalue weighted by molar-refractivity contribution is 5.21. The van der Waals surface area contributed by atoms with Crippen LogP contribution >= 0.6 is 0 Å². The predicted octanol–water partition coefficient (Wildman–Crippen LogP) is 0.186. The second kappa shape index (κ2) is 10.4. The molecule has 0 saturated heterocycles. The van der Waals surface area contributed by atoms with Gasteiger partial charge in [-0.15, -0.1) is 5.16 Å². The lowest BCUT2D eigenvalue weighted by molar-refractivity contribution is 0.0786. The van der Waals surface area contributed by atoms with E-state index in [0.29, 0.717) is 25.7 Å². The van der Waals surface area contributed by atoms with Crippen molar-refractivity contribution < 1.29 is 14.5 Å². The molecule has 0 aliphatic rings. The third-order valence-corrected chi connectivity index (χ3v) is 2.00. The van der Waals surface area contributed by atoms with E-state index in [0.717, 1.165) is 19.3 Å². The maximum Gasteiger partial charge on any atom is 0.117 e. The quantitative estimate of drug-likeness (QED) is 0.301. The van der Waals surface area contributed by atoms with E-state index in [1.54, 1.807) is 0 Å². The van der Waals surface area contributed by atoms with Crippen LogP contribution in [0.15, 0.2) is 5.16 Å². The molecule has 0 aromatic rings. The monoisotopic (exact) mass is 205 g/mol. The standard InChI is InChI=1S/C8H19N3O3/c1-11-14-7-4-8(2-5-12-9)3-6-13-10/h8H,1-7,9-10H2. The topological polar surface area (TPSA) is 92.1 Å². The van der Waals surface area contributed by atoms with Gasteiger partial charge in [0.2, 0.25) is 0 Å². The molecular formula is C8H19N3O3. The van der Waals surface area contributed by atoms with Crippen molar-refractivity contribution in [2.45, 2.75) is 19.3 Å². The summed E-state index contributed by atoms with van der Waals surface area (Å²) >= 11 is 0. The lowest BCUT2D eigenvalue weighted by atomic mass is 9.99. The number of hydrogen-bond acceptors (Lipinski definition) is 6. The molecule has 0 spiro atoms. The van der Waals surface area contributed by atoms with Crippen molar-refractivity contribution in [2.75, 3.05) is 19.8 Å². The van der Waals surface area contributed by atoms with Crippen LogP contribution in [0.5, 0.6) is 0 Å². The molecule has 0 saturated carbocycles. The van der Waals surface area contributed by atoms with Gasteiger partial charge in [-0.25, -0.2) is 11.8 Å². The van der Waals surface area contributed by atoms with Crippen molar-refractivity contribution >= 4 is 6.72 Å². The molecule has 6 heteroatoms. The van der Waals surface area contributed by atoms with E-state index < -0.39 is 0 Å². The molecule has 6 nitrogen and oxygen atoms in total. The summed E-state index contributed by atoms with van der Waals surface area (Å²) in [7, 11) is 0. The van der Waals surface area contributed by atoms with E-state index >= 15 is 0 Å². The van der Waals surface area contributed by atoms with Crippen molar-refractivity contribution in [1.82, 2.24) is 0 Å². The average Bonchev–Trinajstić information content (AvgIpc) is 2.21. The molecule has 0 rings (SSSR count). The van der Waals surface area contributed by atoms with Gasteiger partial charge in [0, 0.05) is 6.72 Å². The fraction of sp³-hybridized carbons (Fsp3) is 0.875. The maximum absolute atomic E-state index is 4.94. The summed E-state index contributed by atoms with van der Waals surface area (Å²) < 4.78 is 0. The van der Waals surface area contributed by atoms with Crippen LogP contribution in [0, 0.1) is 5.92 Å². The Morgan fingerprint density at radius 2 is 1.50 bits per heavy atom. The lowest BCUT2D eigenvalue weighted by Gasteiger charge is -2.14. The zero-order chi connectivity index (χ0) is 10.6. The Labute approximate surface area is 84.1 Å². The Kier molecular flexibility index (Phi) is 9.88. The summed E-state index contributed by atoms with van der Waals surface area (Å²) in [6.07, 6.45) is 2.59. The highest BCUT2D eigenvalue weighted by Crippen LogP contribution is 2.13. The van der Waals surface area contributed by atoms with Gasteiger partial charge in [-0.3, -0.25) is 0 Å². The summed E-state index contributed by atoms with van der Waals surface area (Å²) in [5.41, 5.74) is 0. The first-order chi connectivity index (χ1) is 6.85. The summed E-state index contributed by atoms with van der Waals surface area (Å²) in [6, 6.07) is 0. The number of oxime groups is 1. The van der Waals surface area contributed by atoms with Crippen LogP contribution in [0.4, 0.5) is 0 Å². The molecule has 4 N–H and O–H groups in total. The normalized spacial score (nSPS) is 10.5. The van der Waals surface area contributed by atoms with Gasteiger partial charge in [0.05, 0.1) is 13.2 Å². The average molecular weight is 205 g/mol. The Morgan fingerprint density at radius 3 is 1.93 bits per heavy atom. The second-order valence-electron chi connectivity index (χ2n) is 2.94. The van der Waals surface area contributed by atoms with E-state index in [-0.39, 0.29) is 0 Å².